The summed E-state index contributed by atoms with van der Waals surface area (Å²) in [5, 5.41) is 2.36. The molecule has 15 heteroatoms. The SMILES string of the molecule is CC(C)(C)OC(=O)NCc1cc(Oc2cccc(C(=O)N3CC(F)C(OS(C)(=O)=O)C3)c2)nc(C(F)(F)F)c1. The number of ether oxygens (including phenoxy) is 2. The number of halogens is 4. The van der Waals surface area contributed by atoms with Gasteiger partial charge in [0.05, 0.1) is 19.3 Å². The number of carbonyl (C=O) groups is 2. The molecule has 2 unspecified atom stereocenters. The number of alkyl halides is 4. The average Bonchev–Trinajstić information content (AvgIpc) is 3.14. The van der Waals surface area contributed by atoms with Crippen LogP contribution in [0.15, 0.2) is 36.4 Å². The Hall–Kier alpha value is -3.46. The topological polar surface area (TPSA) is 124 Å². The van der Waals surface area contributed by atoms with Crippen LogP contribution in [0, 0.1) is 0 Å². The lowest BCUT2D eigenvalue weighted by Crippen LogP contribution is -2.32. The first-order valence-electron chi connectivity index (χ1n) is 11.5. The van der Waals surface area contributed by atoms with E-state index >= 15 is 0 Å². The van der Waals surface area contributed by atoms with E-state index in [9.17, 15) is 35.6 Å². The van der Waals surface area contributed by atoms with Crippen molar-refractivity contribution < 1.29 is 49.2 Å². The highest BCUT2D eigenvalue weighted by Crippen LogP contribution is 2.32. The predicted molar refractivity (Wildman–Crippen MR) is 129 cm³/mol. The largest absolute Gasteiger partial charge is 0.444 e. The van der Waals surface area contributed by atoms with Gasteiger partial charge in [-0.2, -0.15) is 21.6 Å². The highest BCUT2D eigenvalue weighted by atomic mass is 32.2. The summed E-state index contributed by atoms with van der Waals surface area (Å²) in [6.07, 6.45) is -7.97. The molecule has 39 heavy (non-hydrogen) atoms. The number of nitrogens with zero attached hydrogens (tertiary/aromatic N) is 2. The van der Waals surface area contributed by atoms with E-state index in [4.69, 9.17) is 9.47 Å². The van der Waals surface area contributed by atoms with E-state index < -0.39 is 64.3 Å². The molecule has 3 rings (SSSR count). The molecular weight excluding hydrogens is 550 g/mol. The lowest BCUT2D eigenvalue weighted by Gasteiger charge is -2.20. The summed E-state index contributed by atoms with van der Waals surface area (Å²) in [5.41, 5.74) is -2.04. The average molecular weight is 578 g/mol. The summed E-state index contributed by atoms with van der Waals surface area (Å²) in [6, 6.07) is 7.30. The molecular formula is C24H27F4N3O7S. The molecule has 1 N–H and O–H groups in total. The Morgan fingerprint density at radius 2 is 1.82 bits per heavy atom. The number of rotatable bonds is 7. The first-order valence-corrected chi connectivity index (χ1v) is 13.4. The van der Waals surface area contributed by atoms with E-state index in [1.54, 1.807) is 20.8 Å². The molecule has 1 fully saturated rings. The molecule has 214 valence electrons. The molecule has 1 aliphatic rings. The molecule has 2 atom stereocenters. The Kier molecular flexibility index (Phi) is 8.75. The zero-order chi connectivity index (χ0) is 29.2. The van der Waals surface area contributed by atoms with Crippen LogP contribution in [-0.2, 0) is 31.8 Å². The van der Waals surface area contributed by atoms with Crippen molar-refractivity contribution in [3.63, 3.8) is 0 Å². The van der Waals surface area contributed by atoms with Gasteiger partial charge >= 0.3 is 12.3 Å². The van der Waals surface area contributed by atoms with Crippen LogP contribution < -0.4 is 10.1 Å². The van der Waals surface area contributed by atoms with Crippen LogP contribution in [0.5, 0.6) is 11.6 Å². The number of nitrogens with one attached hydrogen (secondary N) is 1. The fourth-order valence-corrected chi connectivity index (χ4v) is 4.19. The van der Waals surface area contributed by atoms with Crippen LogP contribution in [0.2, 0.25) is 0 Å². The second kappa shape index (κ2) is 11.3. The zero-order valence-electron chi connectivity index (χ0n) is 21.4. The van der Waals surface area contributed by atoms with Crippen molar-refractivity contribution in [3.05, 3.63) is 53.2 Å². The summed E-state index contributed by atoms with van der Waals surface area (Å²) in [5.74, 6) is -1.16. The first-order chi connectivity index (χ1) is 17.9. The number of likely N-dealkylation sites (tertiary alicyclic amines) is 1. The zero-order valence-corrected chi connectivity index (χ0v) is 22.2. The maximum absolute atomic E-state index is 14.2. The molecule has 1 aromatic carbocycles. The van der Waals surface area contributed by atoms with Gasteiger partial charge in [-0.05, 0) is 50.6 Å². The molecule has 0 aliphatic carbocycles. The van der Waals surface area contributed by atoms with Crippen LogP contribution in [0.25, 0.3) is 0 Å². The highest BCUT2D eigenvalue weighted by molar-refractivity contribution is 7.86. The predicted octanol–water partition coefficient (Wildman–Crippen LogP) is 4.06. The number of benzene rings is 1. The monoisotopic (exact) mass is 577 g/mol. The first kappa shape index (κ1) is 30.1. The Bertz CT molecular complexity index is 1330. The van der Waals surface area contributed by atoms with E-state index in [1.807, 2.05) is 0 Å². The minimum absolute atomic E-state index is 0.0125. The summed E-state index contributed by atoms with van der Waals surface area (Å²) >= 11 is 0. The Balaban J connectivity index is 1.77. The molecule has 2 heterocycles. The Morgan fingerprint density at radius 3 is 2.44 bits per heavy atom. The van der Waals surface area contributed by atoms with Gasteiger partial charge in [-0.25, -0.2) is 14.2 Å². The van der Waals surface area contributed by atoms with Crippen LogP contribution in [0.1, 0.15) is 42.4 Å². The van der Waals surface area contributed by atoms with Crippen molar-refractivity contribution in [3.8, 4) is 11.6 Å². The van der Waals surface area contributed by atoms with E-state index in [2.05, 4.69) is 14.5 Å². The van der Waals surface area contributed by atoms with E-state index in [1.165, 1.54) is 30.3 Å². The van der Waals surface area contributed by atoms with Crippen molar-refractivity contribution in [2.24, 2.45) is 0 Å². The number of alkyl carbamates (subject to hydrolysis) is 1. The summed E-state index contributed by atoms with van der Waals surface area (Å²) in [6.45, 7) is 3.85. The molecule has 0 saturated carbocycles. The van der Waals surface area contributed by atoms with Crippen molar-refractivity contribution in [2.45, 2.75) is 51.4 Å². The second-order valence-electron chi connectivity index (χ2n) is 9.75. The third kappa shape index (κ3) is 9.06. The fraction of sp³-hybridized carbons (Fsp3) is 0.458. The number of hydrogen-bond acceptors (Lipinski definition) is 8. The molecule has 0 spiro atoms. The normalized spacial score (nSPS) is 18.1. The van der Waals surface area contributed by atoms with E-state index in [-0.39, 0.29) is 30.0 Å². The number of pyridine rings is 1. The van der Waals surface area contributed by atoms with Crippen molar-refractivity contribution >= 4 is 22.1 Å². The quantitative estimate of drug-likeness (QED) is 0.386. The van der Waals surface area contributed by atoms with Crippen molar-refractivity contribution in [2.75, 3.05) is 19.3 Å². The van der Waals surface area contributed by atoms with Gasteiger partial charge < -0.3 is 19.7 Å². The molecule has 10 nitrogen and oxygen atoms in total. The van der Waals surface area contributed by atoms with Crippen LogP contribution in [-0.4, -0.2) is 67.5 Å². The highest BCUT2D eigenvalue weighted by Gasteiger charge is 2.39. The molecule has 2 amide bonds. The van der Waals surface area contributed by atoms with Gasteiger partial charge in [-0.1, -0.05) is 6.07 Å². The Labute approximate surface area is 222 Å². The third-order valence-corrected chi connectivity index (χ3v) is 5.67. The second-order valence-corrected chi connectivity index (χ2v) is 11.3. The van der Waals surface area contributed by atoms with E-state index in [0.717, 1.165) is 17.2 Å². The molecule has 1 aromatic heterocycles. The smallest absolute Gasteiger partial charge is 0.433 e. The third-order valence-electron chi connectivity index (χ3n) is 5.08. The molecule has 0 bridgehead atoms. The summed E-state index contributed by atoms with van der Waals surface area (Å²) in [7, 11) is -3.95. The Morgan fingerprint density at radius 1 is 1.13 bits per heavy atom. The molecule has 1 aliphatic heterocycles. The van der Waals surface area contributed by atoms with Gasteiger partial charge in [0.2, 0.25) is 5.88 Å². The maximum Gasteiger partial charge on any atom is 0.433 e. The number of carbonyl (C=O) groups excluding carboxylic acids is 2. The number of amides is 2. The lowest BCUT2D eigenvalue weighted by atomic mass is 10.2. The van der Waals surface area contributed by atoms with Gasteiger partial charge in [0.15, 0.2) is 0 Å². The molecule has 2 aromatic rings. The molecule has 1 saturated heterocycles. The van der Waals surface area contributed by atoms with Gasteiger partial charge in [0, 0.05) is 18.2 Å². The van der Waals surface area contributed by atoms with Crippen LogP contribution in [0.3, 0.4) is 0 Å². The van der Waals surface area contributed by atoms with Crippen molar-refractivity contribution in [1.29, 1.82) is 0 Å². The van der Waals surface area contributed by atoms with Gasteiger partial charge in [0.25, 0.3) is 16.0 Å². The summed E-state index contributed by atoms with van der Waals surface area (Å²) in [4.78, 5) is 29.3. The van der Waals surface area contributed by atoms with Gasteiger partial charge in [-0.15, -0.1) is 0 Å². The fourth-order valence-electron chi connectivity index (χ4n) is 3.56. The van der Waals surface area contributed by atoms with Crippen LogP contribution >= 0.6 is 0 Å². The summed E-state index contributed by atoms with van der Waals surface area (Å²) < 4.78 is 92.5. The maximum atomic E-state index is 14.2. The lowest BCUT2D eigenvalue weighted by molar-refractivity contribution is -0.141. The number of hydrogen-bond donors (Lipinski definition) is 1. The standard InChI is InChI=1S/C24H27F4N3O7S/c1-23(2,3)37-22(33)29-11-14-8-19(24(26,27)28)30-20(9-14)36-16-7-5-6-15(10-16)21(32)31-12-17(25)18(13-31)38-39(4,34)35/h5-10,17-18H,11-13H2,1-4H3,(H,29,33). The minimum atomic E-state index is -4.82. The molecule has 0 radical (unpaired) electrons. The number of aromatic nitrogens is 1. The van der Waals surface area contributed by atoms with Gasteiger partial charge in [-0.3, -0.25) is 8.98 Å². The van der Waals surface area contributed by atoms with Crippen molar-refractivity contribution in [1.82, 2.24) is 15.2 Å². The minimum Gasteiger partial charge on any atom is -0.444 e. The van der Waals surface area contributed by atoms with E-state index in [0.29, 0.717) is 0 Å². The van der Waals surface area contributed by atoms with Crippen LogP contribution in [0.4, 0.5) is 22.4 Å². The van der Waals surface area contributed by atoms with Gasteiger partial charge in [0.1, 0.15) is 29.3 Å².